The van der Waals surface area contributed by atoms with E-state index in [1.54, 1.807) is 12.1 Å². The van der Waals surface area contributed by atoms with Crippen LogP contribution in [0.5, 0.6) is 5.75 Å². The number of likely N-dealkylation sites (tertiary alicyclic amines) is 1. The molecular weight excluding hydrogens is 597 g/mol. The molecule has 0 N–H and O–H groups in total. The minimum atomic E-state index is -4.85. The van der Waals surface area contributed by atoms with Crippen LogP contribution in [0.2, 0.25) is 0 Å². The first-order chi connectivity index (χ1) is 22.1. The molecule has 2 aromatic heterocycles. The fourth-order valence-electron chi connectivity index (χ4n) is 6.57. The van der Waals surface area contributed by atoms with Crippen LogP contribution in [0.4, 0.5) is 13.2 Å². The van der Waals surface area contributed by atoms with Gasteiger partial charge in [0.2, 0.25) is 5.91 Å². The summed E-state index contributed by atoms with van der Waals surface area (Å²) in [5.41, 5.74) is 3.04. The van der Waals surface area contributed by atoms with Crippen LogP contribution in [0.15, 0.2) is 48.2 Å². The number of esters is 1. The van der Waals surface area contributed by atoms with Crippen molar-refractivity contribution in [3.8, 4) is 11.6 Å². The minimum absolute atomic E-state index is 0.0344. The van der Waals surface area contributed by atoms with Crippen molar-refractivity contribution in [2.75, 3.05) is 26.3 Å². The second-order valence-corrected chi connectivity index (χ2v) is 12.4. The van der Waals surface area contributed by atoms with Gasteiger partial charge in [0, 0.05) is 19.0 Å². The lowest BCUT2D eigenvalue weighted by atomic mass is 9.88. The van der Waals surface area contributed by atoms with Crippen molar-refractivity contribution in [2.45, 2.75) is 77.3 Å². The van der Waals surface area contributed by atoms with Crippen molar-refractivity contribution in [1.82, 2.24) is 19.7 Å². The maximum Gasteiger partial charge on any atom is 0.434 e. The van der Waals surface area contributed by atoms with Crippen molar-refractivity contribution in [3.05, 3.63) is 76.2 Å². The molecule has 3 aromatic rings. The van der Waals surface area contributed by atoms with Crippen molar-refractivity contribution >= 4 is 17.4 Å². The number of ether oxygens (including phenoxy) is 2. The molecule has 1 saturated heterocycles. The highest BCUT2D eigenvalue weighted by atomic mass is 19.4. The predicted molar refractivity (Wildman–Crippen MR) is 166 cm³/mol. The monoisotopic (exact) mass is 636 g/mol. The summed E-state index contributed by atoms with van der Waals surface area (Å²) in [5, 5.41) is 3.88. The van der Waals surface area contributed by atoms with Gasteiger partial charge in [-0.3, -0.25) is 4.79 Å². The van der Waals surface area contributed by atoms with Crippen molar-refractivity contribution < 1.29 is 32.2 Å². The first-order valence-electron chi connectivity index (χ1n) is 16.2. The third-order valence-corrected chi connectivity index (χ3v) is 9.18. The van der Waals surface area contributed by atoms with E-state index in [9.17, 15) is 22.8 Å². The molecule has 1 amide bonds. The van der Waals surface area contributed by atoms with E-state index < -0.39 is 23.4 Å². The number of aromatic nitrogens is 3. The van der Waals surface area contributed by atoms with Crippen LogP contribution in [0.25, 0.3) is 11.4 Å². The Bertz CT molecular complexity index is 1630. The SMILES string of the molecule is CCOC(=O)c1cnn(-c2cccc(C3=C(COc4ccc(C5CCN(C(=O)C6CC6)CC5)cc4C)CCCC3)n2)c1C(F)(F)F. The number of carbonyl (C=O) groups is 2. The molecule has 0 unspecified atom stereocenters. The fourth-order valence-corrected chi connectivity index (χ4v) is 6.57. The van der Waals surface area contributed by atoms with Gasteiger partial charge in [0.1, 0.15) is 17.9 Å². The topological polar surface area (TPSA) is 86.5 Å². The molecule has 1 saturated carbocycles. The standard InChI is InChI=1S/C35H39F3N4O4/c1-3-45-34(44)28-20-39-42(32(28)35(36,37)38)31-10-6-9-29(40-31)27-8-5-4-7-26(27)21-46-30-14-13-25(19-22(30)2)23-15-17-41(18-16-23)33(43)24-11-12-24/h6,9-10,13-14,19-20,23-24H,3-5,7-8,11-12,15-18,21H2,1-2H3. The molecule has 2 fully saturated rings. The van der Waals surface area contributed by atoms with Gasteiger partial charge in [0.05, 0.1) is 18.5 Å². The van der Waals surface area contributed by atoms with Crippen molar-refractivity contribution in [1.29, 1.82) is 0 Å². The number of rotatable bonds is 9. The summed E-state index contributed by atoms with van der Waals surface area (Å²) >= 11 is 0. The Balaban J connectivity index is 1.18. The molecule has 244 valence electrons. The third-order valence-electron chi connectivity index (χ3n) is 9.18. The number of hydrogen-bond donors (Lipinski definition) is 0. The van der Waals surface area contributed by atoms with Crippen LogP contribution in [0.3, 0.4) is 0 Å². The van der Waals surface area contributed by atoms with Gasteiger partial charge >= 0.3 is 12.1 Å². The molecule has 0 spiro atoms. The lowest BCUT2D eigenvalue weighted by molar-refractivity contribution is -0.143. The molecule has 3 heterocycles. The van der Waals surface area contributed by atoms with Crippen LogP contribution >= 0.6 is 0 Å². The summed E-state index contributed by atoms with van der Waals surface area (Å²) in [6.07, 6.45) is 3.49. The Morgan fingerprint density at radius 2 is 1.78 bits per heavy atom. The molecule has 0 atom stereocenters. The van der Waals surface area contributed by atoms with Gasteiger partial charge in [-0.1, -0.05) is 18.2 Å². The van der Waals surface area contributed by atoms with Gasteiger partial charge in [-0.15, -0.1) is 0 Å². The van der Waals surface area contributed by atoms with Gasteiger partial charge in [-0.05, 0) is 112 Å². The molecular formula is C35H39F3N4O4. The third kappa shape index (κ3) is 6.83. The predicted octanol–water partition coefficient (Wildman–Crippen LogP) is 7.29. The van der Waals surface area contributed by atoms with E-state index in [-0.39, 0.29) is 18.3 Å². The molecule has 0 radical (unpaired) electrons. The van der Waals surface area contributed by atoms with E-state index in [0.717, 1.165) is 93.1 Å². The van der Waals surface area contributed by atoms with Crippen LogP contribution in [0, 0.1) is 12.8 Å². The number of allylic oxidation sites excluding steroid dienone is 1. The number of nitrogens with zero attached hydrogens (tertiary/aromatic N) is 4. The summed E-state index contributed by atoms with van der Waals surface area (Å²) in [6, 6.07) is 11.2. The number of piperidine rings is 1. The van der Waals surface area contributed by atoms with Crippen LogP contribution in [-0.2, 0) is 15.7 Å². The second kappa shape index (κ2) is 13.3. The number of amides is 1. The number of halogens is 3. The van der Waals surface area contributed by atoms with Crippen molar-refractivity contribution in [3.63, 3.8) is 0 Å². The van der Waals surface area contributed by atoms with Gasteiger partial charge in [0.15, 0.2) is 11.5 Å². The highest BCUT2D eigenvalue weighted by Gasteiger charge is 2.41. The van der Waals surface area contributed by atoms with Gasteiger partial charge in [-0.25, -0.2) is 14.5 Å². The number of carbonyl (C=O) groups excluding carboxylic acids is 2. The Kier molecular flexibility index (Phi) is 9.20. The molecule has 0 bridgehead atoms. The van der Waals surface area contributed by atoms with E-state index in [0.29, 0.717) is 28.8 Å². The molecule has 3 aliphatic rings. The Labute approximate surface area is 266 Å². The second-order valence-electron chi connectivity index (χ2n) is 12.4. The molecule has 1 aromatic carbocycles. The molecule has 6 rings (SSSR count). The van der Waals surface area contributed by atoms with E-state index in [1.165, 1.54) is 18.6 Å². The Morgan fingerprint density at radius 1 is 1.02 bits per heavy atom. The van der Waals surface area contributed by atoms with Gasteiger partial charge in [0.25, 0.3) is 0 Å². The highest BCUT2D eigenvalue weighted by molar-refractivity contribution is 5.90. The first-order valence-corrected chi connectivity index (χ1v) is 16.2. The molecule has 1 aliphatic heterocycles. The molecule has 46 heavy (non-hydrogen) atoms. The Morgan fingerprint density at radius 3 is 2.48 bits per heavy atom. The van der Waals surface area contributed by atoms with E-state index in [2.05, 4.69) is 22.2 Å². The normalized spacial score (nSPS) is 17.7. The summed E-state index contributed by atoms with van der Waals surface area (Å²) in [4.78, 5) is 31.3. The summed E-state index contributed by atoms with van der Waals surface area (Å²) in [7, 11) is 0. The molecule has 2 aliphatic carbocycles. The largest absolute Gasteiger partial charge is 0.489 e. The Hall–Kier alpha value is -4.15. The summed E-state index contributed by atoms with van der Waals surface area (Å²) in [5.74, 6) is 0.686. The number of alkyl halides is 3. The van der Waals surface area contributed by atoms with Crippen LogP contribution in [0.1, 0.15) is 97.1 Å². The number of hydrogen-bond acceptors (Lipinski definition) is 6. The van der Waals surface area contributed by atoms with E-state index in [4.69, 9.17) is 9.47 Å². The first kappa shape index (κ1) is 31.8. The smallest absolute Gasteiger partial charge is 0.434 e. The van der Waals surface area contributed by atoms with Crippen LogP contribution < -0.4 is 4.74 Å². The lowest BCUT2D eigenvalue weighted by Crippen LogP contribution is -2.38. The average Bonchev–Trinajstić information content (AvgIpc) is 3.80. The van der Waals surface area contributed by atoms with E-state index in [1.807, 2.05) is 17.9 Å². The number of pyridine rings is 1. The summed E-state index contributed by atoms with van der Waals surface area (Å²) in [6.45, 7) is 5.49. The fraction of sp³-hybridized carbons (Fsp3) is 0.486. The van der Waals surface area contributed by atoms with E-state index >= 15 is 0 Å². The molecule has 11 heteroatoms. The maximum atomic E-state index is 14.1. The quantitative estimate of drug-likeness (QED) is 0.229. The maximum absolute atomic E-state index is 14.1. The zero-order chi connectivity index (χ0) is 32.4. The zero-order valence-electron chi connectivity index (χ0n) is 26.2. The zero-order valence-corrected chi connectivity index (χ0v) is 26.2. The lowest BCUT2D eigenvalue weighted by Gasteiger charge is -2.32. The molecule has 8 nitrogen and oxygen atoms in total. The number of benzene rings is 1. The summed E-state index contributed by atoms with van der Waals surface area (Å²) < 4.78 is 54.1. The average molecular weight is 637 g/mol. The van der Waals surface area contributed by atoms with Crippen molar-refractivity contribution in [2.24, 2.45) is 5.92 Å². The minimum Gasteiger partial charge on any atom is -0.489 e. The van der Waals surface area contributed by atoms with Gasteiger partial charge in [-0.2, -0.15) is 18.3 Å². The van der Waals surface area contributed by atoms with Gasteiger partial charge < -0.3 is 14.4 Å². The van der Waals surface area contributed by atoms with Crippen LogP contribution in [-0.4, -0.2) is 57.8 Å². The number of aryl methyl sites for hydroxylation is 1. The highest BCUT2D eigenvalue weighted by Crippen LogP contribution is 2.37.